The van der Waals surface area contributed by atoms with E-state index in [4.69, 9.17) is 9.84 Å². The molecule has 7 heteroatoms. The van der Waals surface area contributed by atoms with Crippen molar-refractivity contribution in [2.75, 3.05) is 18.5 Å². The molecule has 2 heterocycles. The Balaban J connectivity index is 1.71. The predicted molar refractivity (Wildman–Crippen MR) is 113 cm³/mol. The third kappa shape index (κ3) is 4.09. The highest BCUT2D eigenvalue weighted by atomic mass is 32.1. The van der Waals surface area contributed by atoms with Crippen LogP contribution in [0.5, 0.6) is 5.75 Å². The van der Waals surface area contributed by atoms with Crippen molar-refractivity contribution in [1.29, 1.82) is 0 Å². The zero-order chi connectivity index (χ0) is 19.3. The van der Waals surface area contributed by atoms with Crippen LogP contribution in [0.25, 0.3) is 11.3 Å². The standard InChI is InChI=1S/C21H24N4O2S/c1-2-10-22-21-25(23-12-15-6-4-3-5-7-15)18(14-28-21)16-8-9-19-17(11-16)24-20(26)13-27-19/h2,8-9,11-12,14-15H,1,3-7,10,13H2,(H,24,26). The molecule has 0 radical (unpaired) electrons. The van der Waals surface area contributed by atoms with E-state index in [1.807, 2.05) is 28.3 Å². The molecule has 0 saturated heterocycles. The van der Waals surface area contributed by atoms with Gasteiger partial charge in [-0.1, -0.05) is 25.3 Å². The van der Waals surface area contributed by atoms with Crippen molar-refractivity contribution in [3.05, 3.63) is 41.0 Å². The number of carbonyl (C=O) groups excluding carboxylic acids is 1. The number of nitrogens with zero attached hydrogens (tertiary/aromatic N) is 3. The first-order valence-electron chi connectivity index (χ1n) is 9.68. The number of hydrogen-bond donors (Lipinski definition) is 1. The molecule has 0 unspecified atom stereocenters. The van der Waals surface area contributed by atoms with Crippen molar-refractivity contribution in [3.8, 4) is 17.0 Å². The molecule has 4 rings (SSSR count). The van der Waals surface area contributed by atoms with Gasteiger partial charge in [0.25, 0.3) is 5.91 Å². The van der Waals surface area contributed by atoms with Crippen LogP contribution < -0.4 is 14.9 Å². The quantitative estimate of drug-likeness (QED) is 0.612. The Morgan fingerprint density at radius 2 is 2.18 bits per heavy atom. The van der Waals surface area contributed by atoms with Gasteiger partial charge in [0.1, 0.15) is 5.75 Å². The second kappa shape index (κ2) is 8.56. The summed E-state index contributed by atoms with van der Waals surface area (Å²) in [6.07, 6.45) is 10.1. The van der Waals surface area contributed by atoms with E-state index in [0.29, 0.717) is 23.9 Å². The number of hydrogen-bond acceptors (Lipinski definition) is 5. The molecule has 1 fully saturated rings. The minimum atomic E-state index is -0.139. The van der Waals surface area contributed by atoms with Gasteiger partial charge in [-0.2, -0.15) is 5.10 Å². The van der Waals surface area contributed by atoms with Crippen molar-refractivity contribution in [1.82, 2.24) is 4.68 Å². The van der Waals surface area contributed by atoms with Crippen LogP contribution in [0, 0.1) is 5.92 Å². The van der Waals surface area contributed by atoms with Gasteiger partial charge in [0.05, 0.1) is 17.9 Å². The molecule has 1 aliphatic carbocycles. The summed E-state index contributed by atoms with van der Waals surface area (Å²) in [6.45, 7) is 4.36. The Morgan fingerprint density at radius 3 is 3.00 bits per heavy atom. The van der Waals surface area contributed by atoms with Gasteiger partial charge in [0.15, 0.2) is 6.61 Å². The van der Waals surface area contributed by atoms with E-state index >= 15 is 0 Å². The van der Waals surface area contributed by atoms with Gasteiger partial charge in [0.2, 0.25) is 4.80 Å². The fourth-order valence-electron chi connectivity index (χ4n) is 3.55. The summed E-state index contributed by atoms with van der Waals surface area (Å²) in [4.78, 5) is 17.1. The number of ether oxygens (including phenoxy) is 1. The number of nitrogens with one attached hydrogen (secondary N) is 1. The maximum absolute atomic E-state index is 11.7. The zero-order valence-corrected chi connectivity index (χ0v) is 16.6. The summed E-state index contributed by atoms with van der Waals surface area (Å²) in [6, 6.07) is 5.80. The Morgan fingerprint density at radius 1 is 1.32 bits per heavy atom. The van der Waals surface area contributed by atoms with Crippen LogP contribution in [-0.4, -0.2) is 29.9 Å². The van der Waals surface area contributed by atoms with Gasteiger partial charge in [-0.05, 0) is 37.0 Å². The third-order valence-corrected chi connectivity index (χ3v) is 5.85. The first-order valence-corrected chi connectivity index (χ1v) is 10.6. The van der Waals surface area contributed by atoms with E-state index in [2.05, 4.69) is 23.1 Å². The van der Waals surface area contributed by atoms with E-state index in [-0.39, 0.29) is 12.5 Å². The lowest BCUT2D eigenvalue weighted by molar-refractivity contribution is -0.118. The smallest absolute Gasteiger partial charge is 0.262 e. The number of aromatic nitrogens is 1. The van der Waals surface area contributed by atoms with Crippen LogP contribution in [0.2, 0.25) is 0 Å². The van der Waals surface area contributed by atoms with Gasteiger partial charge in [-0.3, -0.25) is 9.79 Å². The van der Waals surface area contributed by atoms with E-state index in [0.717, 1.165) is 16.1 Å². The molecule has 1 aromatic heterocycles. The first kappa shape index (κ1) is 18.7. The van der Waals surface area contributed by atoms with Crippen LogP contribution >= 0.6 is 11.3 Å². The molecule has 1 saturated carbocycles. The van der Waals surface area contributed by atoms with Crippen molar-refractivity contribution in [2.45, 2.75) is 32.1 Å². The highest BCUT2D eigenvalue weighted by Crippen LogP contribution is 2.33. The van der Waals surface area contributed by atoms with Crippen molar-refractivity contribution >= 4 is 29.1 Å². The summed E-state index contributed by atoms with van der Waals surface area (Å²) in [7, 11) is 0. The lowest BCUT2D eigenvalue weighted by Crippen LogP contribution is -2.25. The Hall–Kier alpha value is -2.67. The van der Waals surface area contributed by atoms with Crippen LogP contribution in [0.3, 0.4) is 0 Å². The molecular weight excluding hydrogens is 372 g/mol. The number of carbonyl (C=O) groups is 1. The van der Waals surface area contributed by atoms with Crippen LogP contribution in [0.4, 0.5) is 5.69 Å². The monoisotopic (exact) mass is 396 g/mol. The maximum atomic E-state index is 11.7. The third-order valence-electron chi connectivity index (χ3n) is 4.99. The normalized spacial score (nSPS) is 18.0. The molecule has 2 aromatic rings. The molecule has 1 amide bonds. The number of thiazole rings is 1. The Kier molecular flexibility index (Phi) is 5.71. The van der Waals surface area contributed by atoms with Crippen molar-refractivity contribution in [3.63, 3.8) is 0 Å². The SMILES string of the molecule is C=CCN=c1scc(-c2ccc3c(c2)NC(=O)CO3)n1N=CC1CCCCC1. The molecule has 2 aliphatic rings. The number of anilines is 1. The van der Waals surface area contributed by atoms with Crippen LogP contribution in [-0.2, 0) is 4.79 Å². The van der Waals surface area contributed by atoms with Gasteiger partial charge in [-0.15, -0.1) is 17.9 Å². The molecule has 0 spiro atoms. The first-order chi connectivity index (χ1) is 13.7. The summed E-state index contributed by atoms with van der Waals surface area (Å²) in [5.74, 6) is 1.07. The zero-order valence-electron chi connectivity index (χ0n) is 15.8. The van der Waals surface area contributed by atoms with E-state index < -0.39 is 0 Å². The molecular formula is C21H24N4O2S. The lowest BCUT2D eigenvalue weighted by Gasteiger charge is -2.19. The Bertz CT molecular complexity index is 967. The maximum Gasteiger partial charge on any atom is 0.262 e. The minimum Gasteiger partial charge on any atom is -0.482 e. The molecule has 28 heavy (non-hydrogen) atoms. The van der Waals surface area contributed by atoms with Gasteiger partial charge in [0, 0.05) is 17.2 Å². The topological polar surface area (TPSA) is 68.0 Å². The van der Waals surface area contributed by atoms with Crippen LogP contribution in [0.15, 0.2) is 46.3 Å². The lowest BCUT2D eigenvalue weighted by atomic mass is 9.90. The second-order valence-electron chi connectivity index (χ2n) is 7.06. The average Bonchev–Trinajstić information content (AvgIpc) is 3.13. The molecule has 1 N–H and O–H groups in total. The molecule has 6 nitrogen and oxygen atoms in total. The number of benzene rings is 1. The van der Waals surface area contributed by atoms with Crippen LogP contribution in [0.1, 0.15) is 32.1 Å². The average molecular weight is 397 g/mol. The summed E-state index contributed by atoms with van der Waals surface area (Å²) in [5.41, 5.74) is 2.59. The fraction of sp³-hybridized carbons (Fsp3) is 0.381. The highest BCUT2D eigenvalue weighted by molar-refractivity contribution is 7.07. The van der Waals surface area contributed by atoms with E-state index in [9.17, 15) is 4.79 Å². The highest BCUT2D eigenvalue weighted by Gasteiger charge is 2.18. The number of rotatable bonds is 5. The molecule has 1 aliphatic heterocycles. The van der Waals surface area contributed by atoms with Crippen molar-refractivity contribution in [2.24, 2.45) is 16.0 Å². The number of amides is 1. The largest absolute Gasteiger partial charge is 0.482 e. The van der Waals surface area contributed by atoms with E-state index in [1.54, 1.807) is 17.4 Å². The van der Waals surface area contributed by atoms with Gasteiger partial charge < -0.3 is 10.1 Å². The summed E-state index contributed by atoms with van der Waals surface area (Å²) < 4.78 is 7.37. The molecule has 0 bridgehead atoms. The predicted octanol–water partition coefficient (Wildman–Crippen LogP) is 4.05. The summed E-state index contributed by atoms with van der Waals surface area (Å²) >= 11 is 1.55. The molecule has 146 valence electrons. The van der Waals surface area contributed by atoms with Crippen molar-refractivity contribution < 1.29 is 9.53 Å². The van der Waals surface area contributed by atoms with E-state index in [1.165, 1.54) is 32.1 Å². The minimum absolute atomic E-state index is 0.0566. The molecule has 1 aromatic carbocycles. The second-order valence-corrected chi connectivity index (χ2v) is 7.89. The number of fused-ring (bicyclic) bond motifs is 1. The molecule has 0 atom stereocenters. The van der Waals surface area contributed by atoms with Gasteiger partial charge >= 0.3 is 0 Å². The fourth-order valence-corrected chi connectivity index (χ4v) is 4.39. The Labute approximate surface area is 168 Å². The van der Waals surface area contributed by atoms with Gasteiger partial charge in [-0.25, -0.2) is 4.68 Å². The summed E-state index contributed by atoms with van der Waals surface area (Å²) in [5, 5.41) is 9.72.